The van der Waals surface area contributed by atoms with Crippen molar-refractivity contribution in [1.29, 1.82) is 0 Å². The third-order valence-corrected chi connectivity index (χ3v) is 3.55. The van der Waals surface area contributed by atoms with Gasteiger partial charge in [-0.3, -0.25) is 0 Å². The van der Waals surface area contributed by atoms with Gasteiger partial charge in [-0.05, 0) is 30.7 Å². The van der Waals surface area contributed by atoms with Crippen molar-refractivity contribution in [3.8, 4) is 0 Å². The highest BCUT2D eigenvalue weighted by Gasteiger charge is 2.11. The molecular formula is C15H16BrNO. The van der Waals surface area contributed by atoms with Crippen LogP contribution in [0.3, 0.4) is 0 Å². The van der Waals surface area contributed by atoms with Crippen molar-refractivity contribution in [3.05, 3.63) is 58.1 Å². The van der Waals surface area contributed by atoms with Crippen LogP contribution >= 0.6 is 15.9 Å². The SMILES string of the molecule is Cc1ccccc1N(C)c1cc(Br)ccc1CO. The van der Waals surface area contributed by atoms with Crippen LogP contribution in [-0.2, 0) is 6.61 Å². The second-order valence-corrected chi connectivity index (χ2v) is 5.19. The van der Waals surface area contributed by atoms with Gasteiger partial charge in [0.25, 0.3) is 0 Å². The van der Waals surface area contributed by atoms with Crippen LogP contribution in [0.5, 0.6) is 0 Å². The van der Waals surface area contributed by atoms with Crippen molar-refractivity contribution in [2.45, 2.75) is 13.5 Å². The van der Waals surface area contributed by atoms with Gasteiger partial charge in [0.1, 0.15) is 0 Å². The first-order chi connectivity index (χ1) is 8.63. The fraction of sp³-hybridized carbons (Fsp3) is 0.200. The molecule has 0 unspecified atom stereocenters. The molecule has 1 N–H and O–H groups in total. The first-order valence-electron chi connectivity index (χ1n) is 5.82. The Kier molecular flexibility index (Phi) is 4.04. The lowest BCUT2D eigenvalue weighted by molar-refractivity contribution is 0.282. The average Bonchev–Trinajstić information content (AvgIpc) is 2.38. The minimum atomic E-state index is 0.0405. The molecule has 0 spiro atoms. The molecule has 2 nitrogen and oxygen atoms in total. The third-order valence-electron chi connectivity index (χ3n) is 3.06. The van der Waals surface area contributed by atoms with Crippen molar-refractivity contribution in [2.24, 2.45) is 0 Å². The Morgan fingerprint density at radius 1 is 1.11 bits per heavy atom. The molecular weight excluding hydrogens is 290 g/mol. The average molecular weight is 306 g/mol. The van der Waals surface area contributed by atoms with Gasteiger partial charge in [0.2, 0.25) is 0 Å². The summed E-state index contributed by atoms with van der Waals surface area (Å²) in [6.45, 7) is 2.13. The summed E-state index contributed by atoms with van der Waals surface area (Å²) >= 11 is 3.48. The summed E-state index contributed by atoms with van der Waals surface area (Å²) in [4.78, 5) is 2.10. The van der Waals surface area contributed by atoms with Gasteiger partial charge in [0.15, 0.2) is 0 Å². The summed E-state index contributed by atoms with van der Waals surface area (Å²) in [6, 6.07) is 14.1. The summed E-state index contributed by atoms with van der Waals surface area (Å²) in [6.07, 6.45) is 0. The van der Waals surface area contributed by atoms with E-state index in [0.717, 1.165) is 21.4 Å². The van der Waals surface area contributed by atoms with Gasteiger partial charge in [-0.1, -0.05) is 40.2 Å². The summed E-state index contributed by atoms with van der Waals surface area (Å²) in [5.41, 5.74) is 4.29. The monoisotopic (exact) mass is 305 g/mol. The van der Waals surface area contributed by atoms with Gasteiger partial charge in [0, 0.05) is 28.5 Å². The number of aliphatic hydroxyl groups is 1. The Labute approximate surface area is 116 Å². The van der Waals surface area contributed by atoms with Crippen molar-refractivity contribution in [3.63, 3.8) is 0 Å². The van der Waals surface area contributed by atoms with E-state index in [-0.39, 0.29) is 6.61 Å². The first kappa shape index (κ1) is 13.1. The largest absolute Gasteiger partial charge is 0.392 e. The van der Waals surface area contributed by atoms with E-state index in [2.05, 4.69) is 39.9 Å². The summed E-state index contributed by atoms with van der Waals surface area (Å²) < 4.78 is 1.01. The van der Waals surface area contributed by atoms with Gasteiger partial charge >= 0.3 is 0 Å². The molecule has 2 aromatic rings. The predicted octanol–water partition coefficient (Wildman–Crippen LogP) is 4.02. The second kappa shape index (κ2) is 5.55. The van der Waals surface area contributed by atoms with Gasteiger partial charge in [-0.25, -0.2) is 0 Å². The molecule has 0 amide bonds. The fourth-order valence-corrected chi connectivity index (χ4v) is 2.40. The molecule has 2 rings (SSSR count). The Bertz CT molecular complexity index is 554. The van der Waals surface area contributed by atoms with E-state index in [4.69, 9.17) is 0 Å². The molecule has 0 radical (unpaired) electrons. The summed E-state index contributed by atoms with van der Waals surface area (Å²) in [5.74, 6) is 0. The Morgan fingerprint density at radius 2 is 1.83 bits per heavy atom. The summed E-state index contributed by atoms with van der Waals surface area (Å²) in [5, 5.41) is 9.43. The van der Waals surface area contributed by atoms with Gasteiger partial charge in [-0.15, -0.1) is 0 Å². The number of rotatable bonds is 3. The molecule has 0 aliphatic carbocycles. The zero-order chi connectivity index (χ0) is 13.1. The molecule has 18 heavy (non-hydrogen) atoms. The number of para-hydroxylation sites is 1. The zero-order valence-electron chi connectivity index (χ0n) is 10.5. The van der Waals surface area contributed by atoms with E-state index in [0.29, 0.717) is 0 Å². The van der Waals surface area contributed by atoms with E-state index in [1.165, 1.54) is 5.56 Å². The highest BCUT2D eigenvalue weighted by molar-refractivity contribution is 9.10. The molecule has 0 bridgehead atoms. The van der Waals surface area contributed by atoms with Crippen LogP contribution < -0.4 is 4.90 Å². The van der Waals surface area contributed by atoms with E-state index in [1.807, 2.05) is 37.4 Å². The topological polar surface area (TPSA) is 23.5 Å². The molecule has 0 heterocycles. The number of anilines is 2. The lowest BCUT2D eigenvalue weighted by Crippen LogP contribution is -2.13. The number of benzene rings is 2. The molecule has 0 atom stereocenters. The Hall–Kier alpha value is -1.32. The van der Waals surface area contributed by atoms with Crippen LogP contribution in [0.15, 0.2) is 46.9 Å². The van der Waals surface area contributed by atoms with Gasteiger partial charge in [0.05, 0.1) is 6.61 Å². The van der Waals surface area contributed by atoms with Crippen molar-refractivity contribution in [1.82, 2.24) is 0 Å². The quantitative estimate of drug-likeness (QED) is 0.926. The van der Waals surface area contributed by atoms with Crippen LogP contribution in [0.4, 0.5) is 11.4 Å². The van der Waals surface area contributed by atoms with Crippen molar-refractivity contribution >= 4 is 27.3 Å². The smallest absolute Gasteiger partial charge is 0.0702 e. The maximum atomic E-state index is 9.43. The maximum Gasteiger partial charge on any atom is 0.0702 e. The van der Waals surface area contributed by atoms with E-state index >= 15 is 0 Å². The predicted molar refractivity (Wildman–Crippen MR) is 79.3 cm³/mol. The van der Waals surface area contributed by atoms with Crippen LogP contribution in [0.25, 0.3) is 0 Å². The Balaban J connectivity index is 2.48. The molecule has 94 valence electrons. The maximum absolute atomic E-state index is 9.43. The van der Waals surface area contributed by atoms with Gasteiger partial charge < -0.3 is 10.0 Å². The van der Waals surface area contributed by atoms with E-state index in [1.54, 1.807) is 0 Å². The summed E-state index contributed by atoms with van der Waals surface area (Å²) in [7, 11) is 2.02. The van der Waals surface area contributed by atoms with Crippen LogP contribution in [0.1, 0.15) is 11.1 Å². The molecule has 3 heteroatoms. The highest BCUT2D eigenvalue weighted by Crippen LogP contribution is 2.31. The number of hydrogen-bond acceptors (Lipinski definition) is 2. The number of hydrogen-bond donors (Lipinski definition) is 1. The lowest BCUT2D eigenvalue weighted by Gasteiger charge is -2.24. The first-order valence-corrected chi connectivity index (χ1v) is 6.61. The number of halogens is 1. The number of aryl methyl sites for hydroxylation is 1. The second-order valence-electron chi connectivity index (χ2n) is 4.28. The number of nitrogens with zero attached hydrogens (tertiary/aromatic N) is 1. The normalized spacial score (nSPS) is 10.4. The molecule has 0 saturated heterocycles. The molecule has 0 saturated carbocycles. The van der Waals surface area contributed by atoms with E-state index in [9.17, 15) is 5.11 Å². The van der Waals surface area contributed by atoms with Crippen molar-refractivity contribution in [2.75, 3.05) is 11.9 Å². The molecule has 0 aromatic heterocycles. The molecule has 0 aliphatic rings. The van der Waals surface area contributed by atoms with Crippen LogP contribution in [-0.4, -0.2) is 12.2 Å². The van der Waals surface area contributed by atoms with Crippen LogP contribution in [0, 0.1) is 6.92 Å². The minimum Gasteiger partial charge on any atom is -0.392 e. The number of aliphatic hydroxyl groups excluding tert-OH is 1. The lowest BCUT2D eigenvalue weighted by atomic mass is 10.1. The third kappa shape index (κ3) is 2.57. The van der Waals surface area contributed by atoms with Crippen molar-refractivity contribution < 1.29 is 5.11 Å². The molecule has 2 aromatic carbocycles. The fourth-order valence-electron chi connectivity index (χ4n) is 2.05. The van der Waals surface area contributed by atoms with E-state index < -0.39 is 0 Å². The van der Waals surface area contributed by atoms with Crippen LogP contribution in [0.2, 0.25) is 0 Å². The van der Waals surface area contributed by atoms with Gasteiger partial charge in [-0.2, -0.15) is 0 Å². The standard InChI is InChI=1S/C15H16BrNO/c1-11-5-3-4-6-14(11)17(2)15-9-13(16)8-7-12(15)10-18/h3-9,18H,10H2,1-2H3. The Morgan fingerprint density at radius 3 is 2.50 bits per heavy atom. The minimum absolute atomic E-state index is 0.0405. The molecule has 0 aliphatic heterocycles. The highest BCUT2D eigenvalue weighted by atomic mass is 79.9. The zero-order valence-corrected chi connectivity index (χ0v) is 12.1. The molecule has 0 fully saturated rings.